The Hall–Kier alpha value is -2.31. The smallest absolute Gasteiger partial charge is 0.217 e. The van der Waals surface area contributed by atoms with Crippen molar-refractivity contribution in [2.45, 2.75) is 43.9 Å². The van der Waals surface area contributed by atoms with Crippen LogP contribution in [0.3, 0.4) is 0 Å². The SMILES string of the molecule is CC(=O)NC(Cc1cc(F)cc(F)c1)C(O)C1CC(c2ccccc2)CN1. The first-order valence-electron chi connectivity index (χ1n) is 9.11. The van der Waals surface area contributed by atoms with Gasteiger partial charge in [-0.3, -0.25) is 4.79 Å². The summed E-state index contributed by atoms with van der Waals surface area (Å²) < 4.78 is 27.0. The van der Waals surface area contributed by atoms with Crippen LogP contribution in [-0.2, 0) is 11.2 Å². The summed E-state index contributed by atoms with van der Waals surface area (Å²) in [7, 11) is 0. The number of aliphatic hydroxyl groups excluding tert-OH is 1. The summed E-state index contributed by atoms with van der Waals surface area (Å²) in [6.07, 6.45) is -0.0171. The van der Waals surface area contributed by atoms with E-state index in [2.05, 4.69) is 22.8 Å². The average Bonchev–Trinajstić information content (AvgIpc) is 3.10. The Morgan fingerprint density at radius 2 is 1.89 bits per heavy atom. The maximum Gasteiger partial charge on any atom is 0.217 e. The molecule has 2 aromatic carbocycles. The quantitative estimate of drug-likeness (QED) is 0.728. The number of carbonyl (C=O) groups excluding carboxylic acids is 1. The zero-order valence-electron chi connectivity index (χ0n) is 15.2. The molecule has 0 spiro atoms. The maximum absolute atomic E-state index is 13.5. The first-order valence-corrected chi connectivity index (χ1v) is 9.11. The molecular formula is C21H24F2N2O2. The van der Waals surface area contributed by atoms with Crippen LogP contribution in [0.25, 0.3) is 0 Å². The van der Waals surface area contributed by atoms with Crippen molar-refractivity contribution >= 4 is 5.91 Å². The molecule has 144 valence electrons. The van der Waals surface area contributed by atoms with Crippen LogP contribution in [0.4, 0.5) is 8.78 Å². The van der Waals surface area contributed by atoms with Crippen molar-refractivity contribution in [3.63, 3.8) is 0 Å². The average molecular weight is 374 g/mol. The standard InChI is InChI=1S/C21H24F2N2O2/c1-13(26)25-20(9-14-7-17(22)11-18(23)8-14)21(27)19-10-16(12-24-19)15-5-3-2-4-6-15/h2-8,11,16,19-21,24,27H,9-10,12H2,1H3,(H,25,26). The van der Waals surface area contributed by atoms with Crippen molar-refractivity contribution in [1.29, 1.82) is 0 Å². The molecule has 1 saturated heterocycles. The second-order valence-corrected chi connectivity index (χ2v) is 7.14. The monoisotopic (exact) mass is 374 g/mol. The summed E-state index contributed by atoms with van der Waals surface area (Å²) in [6.45, 7) is 2.09. The minimum Gasteiger partial charge on any atom is -0.389 e. The van der Waals surface area contributed by atoms with Gasteiger partial charge in [0.25, 0.3) is 0 Å². The number of carbonyl (C=O) groups is 1. The van der Waals surface area contributed by atoms with E-state index in [1.807, 2.05) is 18.2 Å². The minimum atomic E-state index is -0.881. The lowest BCUT2D eigenvalue weighted by molar-refractivity contribution is -0.120. The number of amides is 1. The fourth-order valence-electron chi connectivity index (χ4n) is 3.79. The maximum atomic E-state index is 13.5. The largest absolute Gasteiger partial charge is 0.389 e. The summed E-state index contributed by atoms with van der Waals surface area (Å²) in [5.74, 6) is -1.38. The molecule has 0 aliphatic carbocycles. The molecule has 4 atom stereocenters. The highest BCUT2D eigenvalue weighted by Gasteiger charge is 2.35. The molecule has 0 saturated carbocycles. The zero-order chi connectivity index (χ0) is 19.4. The number of hydrogen-bond donors (Lipinski definition) is 3. The third-order valence-electron chi connectivity index (χ3n) is 5.03. The van der Waals surface area contributed by atoms with Crippen LogP contribution in [0.5, 0.6) is 0 Å². The molecule has 27 heavy (non-hydrogen) atoms. The van der Waals surface area contributed by atoms with Crippen molar-refractivity contribution in [3.8, 4) is 0 Å². The van der Waals surface area contributed by atoms with Gasteiger partial charge in [-0.05, 0) is 42.0 Å². The topological polar surface area (TPSA) is 61.4 Å². The van der Waals surface area contributed by atoms with E-state index in [0.717, 1.165) is 19.0 Å². The van der Waals surface area contributed by atoms with Crippen molar-refractivity contribution in [3.05, 3.63) is 71.3 Å². The van der Waals surface area contributed by atoms with Gasteiger partial charge in [-0.1, -0.05) is 30.3 Å². The zero-order valence-corrected chi connectivity index (χ0v) is 15.2. The van der Waals surface area contributed by atoms with Gasteiger partial charge in [0.05, 0.1) is 12.1 Å². The van der Waals surface area contributed by atoms with Crippen LogP contribution in [0.2, 0.25) is 0 Å². The summed E-state index contributed by atoms with van der Waals surface area (Å²) >= 11 is 0. The summed E-state index contributed by atoms with van der Waals surface area (Å²) in [5.41, 5.74) is 1.59. The number of aliphatic hydroxyl groups is 1. The van der Waals surface area contributed by atoms with Gasteiger partial charge >= 0.3 is 0 Å². The van der Waals surface area contributed by atoms with E-state index in [-0.39, 0.29) is 24.3 Å². The molecule has 1 aliphatic heterocycles. The lowest BCUT2D eigenvalue weighted by atomic mass is 9.91. The van der Waals surface area contributed by atoms with Gasteiger partial charge in [-0.15, -0.1) is 0 Å². The van der Waals surface area contributed by atoms with Crippen molar-refractivity contribution in [1.82, 2.24) is 10.6 Å². The highest BCUT2D eigenvalue weighted by Crippen LogP contribution is 2.28. The predicted molar refractivity (Wildman–Crippen MR) is 99.3 cm³/mol. The van der Waals surface area contributed by atoms with Crippen LogP contribution in [0, 0.1) is 11.6 Å². The number of hydrogen-bond acceptors (Lipinski definition) is 3. The Kier molecular flexibility index (Phi) is 6.19. The predicted octanol–water partition coefficient (Wildman–Crippen LogP) is 2.52. The van der Waals surface area contributed by atoms with Crippen LogP contribution < -0.4 is 10.6 Å². The van der Waals surface area contributed by atoms with E-state index < -0.39 is 23.8 Å². The van der Waals surface area contributed by atoms with E-state index in [1.54, 1.807) is 0 Å². The molecule has 3 N–H and O–H groups in total. The Balaban J connectivity index is 1.71. The van der Waals surface area contributed by atoms with E-state index in [9.17, 15) is 18.7 Å². The van der Waals surface area contributed by atoms with Gasteiger partial charge in [0.2, 0.25) is 5.91 Å². The normalized spacial score (nSPS) is 21.6. The summed E-state index contributed by atoms with van der Waals surface area (Å²) in [6, 6.07) is 12.4. The molecule has 0 radical (unpaired) electrons. The second-order valence-electron chi connectivity index (χ2n) is 7.14. The van der Waals surface area contributed by atoms with E-state index in [4.69, 9.17) is 0 Å². The van der Waals surface area contributed by atoms with Gasteiger partial charge < -0.3 is 15.7 Å². The van der Waals surface area contributed by atoms with Gasteiger partial charge in [0.1, 0.15) is 11.6 Å². The Bertz CT molecular complexity index is 765. The number of nitrogens with one attached hydrogen (secondary N) is 2. The van der Waals surface area contributed by atoms with Crippen LogP contribution in [-0.4, -0.2) is 35.7 Å². The molecule has 4 nitrogen and oxygen atoms in total. The molecule has 1 amide bonds. The van der Waals surface area contributed by atoms with Crippen molar-refractivity contribution < 1.29 is 18.7 Å². The lowest BCUT2D eigenvalue weighted by Crippen LogP contribution is -2.51. The number of halogens is 2. The second kappa shape index (κ2) is 8.59. The number of rotatable bonds is 6. The highest BCUT2D eigenvalue weighted by molar-refractivity contribution is 5.73. The summed E-state index contributed by atoms with van der Waals surface area (Å²) in [5, 5.41) is 16.9. The molecule has 0 bridgehead atoms. The molecule has 2 aromatic rings. The molecule has 0 aromatic heterocycles. The van der Waals surface area contributed by atoms with E-state index in [0.29, 0.717) is 5.56 Å². The first kappa shape index (κ1) is 19.5. The van der Waals surface area contributed by atoms with Crippen molar-refractivity contribution in [2.24, 2.45) is 0 Å². The van der Waals surface area contributed by atoms with Gasteiger partial charge in [0, 0.05) is 25.6 Å². The molecule has 1 heterocycles. The van der Waals surface area contributed by atoms with Gasteiger partial charge in [0.15, 0.2) is 0 Å². The molecule has 1 aliphatic rings. The molecule has 6 heteroatoms. The fourth-order valence-corrected chi connectivity index (χ4v) is 3.79. The Morgan fingerprint density at radius 1 is 1.22 bits per heavy atom. The molecule has 3 rings (SSSR count). The first-order chi connectivity index (χ1) is 12.9. The molecule has 4 unspecified atom stereocenters. The Morgan fingerprint density at radius 3 is 2.52 bits per heavy atom. The fraction of sp³-hybridized carbons (Fsp3) is 0.381. The highest BCUT2D eigenvalue weighted by atomic mass is 19.1. The van der Waals surface area contributed by atoms with Gasteiger partial charge in [-0.2, -0.15) is 0 Å². The third kappa shape index (κ3) is 5.11. The van der Waals surface area contributed by atoms with Crippen LogP contribution >= 0.6 is 0 Å². The van der Waals surface area contributed by atoms with E-state index >= 15 is 0 Å². The lowest BCUT2D eigenvalue weighted by Gasteiger charge is -2.28. The van der Waals surface area contributed by atoms with Crippen molar-refractivity contribution in [2.75, 3.05) is 6.54 Å². The molecule has 1 fully saturated rings. The van der Waals surface area contributed by atoms with Crippen LogP contribution in [0.1, 0.15) is 30.4 Å². The van der Waals surface area contributed by atoms with E-state index in [1.165, 1.54) is 24.6 Å². The van der Waals surface area contributed by atoms with Gasteiger partial charge in [-0.25, -0.2) is 8.78 Å². The van der Waals surface area contributed by atoms with Crippen LogP contribution in [0.15, 0.2) is 48.5 Å². The molecular weight excluding hydrogens is 350 g/mol. The minimum absolute atomic E-state index is 0.142. The Labute approximate surface area is 157 Å². The third-order valence-corrected chi connectivity index (χ3v) is 5.03. The summed E-state index contributed by atoms with van der Waals surface area (Å²) in [4.78, 5) is 11.6. The number of benzene rings is 2.